The highest BCUT2D eigenvalue weighted by atomic mass is 127. The van der Waals surface area contributed by atoms with Crippen LogP contribution in [0.2, 0.25) is 0 Å². The van der Waals surface area contributed by atoms with Crippen molar-refractivity contribution in [1.82, 2.24) is 25.2 Å². The average Bonchev–Trinajstić information content (AvgIpc) is 2.72. The third-order valence-corrected chi connectivity index (χ3v) is 5.02. The smallest absolute Gasteiger partial charge is 0.271 e. The molecule has 0 saturated heterocycles. The van der Waals surface area contributed by atoms with Crippen LogP contribution in [0.3, 0.4) is 0 Å². The normalized spacial score (nSPS) is 10.3. The fraction of sp³-hybridized carbons (Fsp3) is 0.300. The van der Waals surface area contributed by atoms with E-state index in [4.69, 9.17) is 0 Å². The predicted octanol–water partition coefficient (Wildman–Crippen LogP) is 3.78. The average molecular weight is 581 g/mol. The van der Waals surface area contributed by atoms with Crippen molar-refractivity contribution in [2.75, 3.05) is 38.0 Å². The van der Waals surface area contributed by atoms with Gasteiger partial charge in [0.05, 0.1) is 17.2 Å². The lowest BCUT2D eigenvalue weighted by atomic mass is 10.3. The minimum atomic E-state index is -0.503. The van der Waals surface area contributed by atoms with Gasteiger partial charge in [0.15, 0.2) is 0 Å². The summed E-state index contributed by atoms with van der Waals surface area (Å²) in [6.07, 6.45) is 1.50. The summed E-state index contributed by atoms with van der Waals surface area (Å²) in [7, 11) is 0. The van der Waals surface area contributed by atoms with Crippen molar-refractivity contribution >= 4 is 70.2 Å². The fourth-order valence-electron chi connectivity index (χ4n) is 2.79. The number of benzene rings is 1. The van der Waals surface area contributed by atoms with E-state index in [1.165, 1.54) is 12.3 Å². The van der Waals surface area contributed by atoms with E-state index in [9.17, 15) is 9.18 Å². The number of pyridine rings is 1. The van der Waals surface area contributed by atoms with E-state index in [-0.39, 0.29) is 30.7 Å². The molecule has 0 aliphatic heterocycles. The maximum Gasteiger partial charge on any atom is 0.271 e. The number of fused-ring (bicyclic) bond motifs is 1. The van der Waals surface area contributed by atoms with Gasteiger partial charge < -0.3 is 15.5 Å². The molecule has 1 amide bonds. The van der Waals surface area contributed by atoms with Crippen LogP contribution < -0.4 is 10.6 Å². The Balaban J connectivity index is 0.00000240. The third kappa shape index (κ3) is 8.32. The molecule has 0 spiro atoms. The molecule has 168 valence electrons. The first-order chi connectivity index (χ1) is 14.0. The highest BCUT2D eigenvalue weighted by molar-refractivity contribution is 14.1. The second kappa shape index (κ2) is 13.6. The molecular formula is C20H24Cl2FIN6O. The first-order valence-corrected chi connectivity index (χ1v) is 10.4. The van der Waals surface area contributed by atoms with Gasteiger partial charge in [-0.25, -0.2) is 9.97 Å². The Hall–Kier alpha value is -1.82. The number of amides is 1. The third-order valence-electron chi connectivity index (χ3n) is 4.35. The number of nitrogens with zero attached hydrogens (tertiary/aromatic N) is 4. The lowest BCUT2D eigenvalue weighted by Gasteiger charge is -2.20. The Morgan fingerprint density at radius 3 is 2.61 bits per heavy atom. The van der Waals surface area contributed by atoms with Gasteiger partial charge in [0.2, 0.25) is 5.95 Å². The molecule has 0 radical (unpaired) electrons. The van der Waals surface area contributed by atoms with Gasteiger partial charge in [0.1, 0.15) is 11.5 Å². The topological polar surface area (TPSA) is 83.0 Å². The number of hydrogen-bond acceptors (Lipinski definition) is 6. The van der Waals surface area contributed by atoms with E-state index in [0.717, 1.165) is 22.2 Å². The molecule has 2 N–H and O–H groups in total. The van der Waals surface area contributed by atoms with Crippen molar-refractivity contribution in [3.8, 4) is 0 Å². The number of carbonyl (C=O) groups excluding carboxylic acids is 1. The monoisotopic (exact) mass is 580 g/mol. The van der Waals surface area contributed by atoms with Crippen LogP contribution in [0.15, 0.2) is 42.6 Å². The molecule has 0 unspecified atom stereocenters. The summed E-state index contributed by atoms with van der Waals surface area (Å²) in [6.45, 7) is 5.46. The van der Waals surface area contributed by atoms with Crippen molar-refractivity contribution in [3.05, 3.63) is 57.8 Å². The number of aromatic nitrogens is 3. The Kier molecular flexibility index (Phi) is 11.9. The second-order valence-corrected chi connectivity index (χ2v) is 7.60. The summed E-state index contributed by atoms with van der Waals surface area (Å²) >= 11 is 2.22. The molecule has 1 aromatic carbocycles. The zero-order chi connectivity index (χ0) is 20.6. The lowest BCUT2D eigenvalue weighted by Crippen LogP contribution is -2.37. The summed E-state index contributed by atoms with van der Waals surface area (Å²) in [6, 6.07) is 10.4. The number of rotatable bonds is 9. The van der Waals surface area contributed by atoms with E-state index in [1.807, 2.05) is 18.2 Å². The van der Waals surface area contributed by atoms with E-state index in [2.05, 4.69) is 60.0 Å². The van der Waals surface area contributed by atoms with Crippen LogP contribution in [0.4, 0.5) is 10.2 Å². The highest BCUT2D eigenvalue weighted by Gasteiger charge is 2.10. The lowest BCUT2D eigenvalue weighted by molar-refractivity contribution is 0.0944. The summed E-state index contributed by atoms with van der Waals surface area (Å²) in [5.74, 6) is -0.230. The molecule has 0 aliphatic carbocycles. The van der Waals surface area contributed by atoms with Crippen LogP contribution in [0.5, 0.6) is 0 Å². The van der Waals surface area contributed by atoms with E-state index < -0.39 is 5.95 Å². The summed E-state index contributed by atoms with van der Waals surface area (Å²) in [4.78, 5) is 27.0. The van der Waals surface area contributed by atoms with Crippen LogP contribution in [0.25, 0.3) is 11.0 Å². The Morgan fingerprint density at radius 2 is 1.87 bits per heavy atom. The standard InChI is InChI=1S/C20H22FIN6O.2ClH/c1-2-28(10-8-23-19-5-3-4-18(21)27-19)11-9-24-20(29)17-13-25-16-12-14(22)6-7-15(16)26-17;;/h3-7,12-13H,2,8-11H2,1H3,(H,23,27)(H,24,29);2*1H. The van der Waals surface area contributed by atoms with Gasteiger partial charge in [-0.1, -0.05) is 13.0 Å². The van der Waals surface area contributed by atoms with Crippen LogP contribution >= 0.6 is 47.4 Å². The molecule has 2 aromatic heterocycles. The molecule has 3 rings (SSSR count). The van der Waals surface area contributed by atoms with E-state index in [1.54, 1.807) is 12.1 Å². The van der Waals surface area contributed by atoms with Gasteiger partial charge in [0.25, 0.3) is 5.91 Å². The number of nitrogens with one attached hydrogen (secondary N) is 2. The minimum absolute atomic E-state index is 0. The SMILES string of the molecule is CCN(CCNC(=O)c1cnc2cc(I)ccc2n1)CCNc1cccc(F)n1.Cl.Cl. The molecule has 0 saturated carbocycles. The molecule has 31 heavy (non-hydrogen) atoms. The van der Waals surface area contributed by atoms with Crippen molar-refractivity contribution in [3.63, 3.8) is 0 Å². The number of hydrogen-bond donors (Lipinski definition) is 2. The molecule has 2 heterocycles. The van der Waals surface area contributed by atoms with Gasteiger partial charge in [-0.15, -0.1) is 24.8 Å². The zero-order valence-corrected chi connectivity index (χ0v) is 20.6. The van der Waals surface area contributed by atoms with Crippen LogP contribution in [0, 0.1) is 9.52 Å². The quantitative estimate of drug-likeness (QED) is 0.296. The largest absolute Gasteiger partial charge is 0.369 e. The molecule has 0 atom stereocenters. The zero-order valence-electron chi connectivity index (χ0n) is 16.8. The molecule has 0 aliphatic rings. The Morgan fingerprint density at radius 1 is 1.10 bits per heavy atom. The minimum Gasteiger partial charge on any atom is -0.369 e. The Labute approximate surface area is 206 Å². The predicted molar refractivity (Wildman–Crippen MR) is 134 cm³/mol. The highest BCUT2D eigenvalue weighted by Crippen LogP contribution is 2.13. The van der Waals surface area contributed by atoms with Crippen molar-refractivity contribution < 1.29 is 9.18 Å². The van der Waals surface area contributed by atoms with Crippen LogP contribution in [0.1, 0.15) is 17.4 Å². The van der Waals surface area contributed by atoms with Crippen molar-refractivity contribution in [2.45, 2.75) is 6.92 Å². The van der Waals surface area contributed by atoms with Crippen LogP contribution in [-0.4, -0.2) is 58.5 Å². The number of anilines is 1. The van der Waals surface area contributed by atoms with Gasteiger partial charge in [-0.3, -0.25) is 9.78 Å². The van der Waals surface area contributed by atoms with E-state index in [0.29, 0.717) is 36.7 Å². The maximum atomic E-state index is 13.1. The molecular weight excluding hydrogens is 557 g/mol. The van der Waals surface area contributed by atoms with E-state index >= 15 is 0 Å². The second-order valence-electron chi connectivity index (χ2n) is 6.35. The van der Waals surface area contributed by atoms with Gasteiger partial charge in [-0.05, 0) is 59.5 Å². The van der Waals surface area contributed by atoms with Gasteiger partial charge in [0, 0.05) is 29.7 Å². The fourth-order valence-corrected chi connectivity index (χ4v) is 3.26. The molecule has 7 nitrogen and oxygen atoms in total. The molecule has 11 heteroatoms. The van der Waals surface area contributed by atoms with Crippen LogP contribution in [-0.2, 0) is 0 Å². The molecule has 3 aromatic rings. The van der Waals surface area contributed by atoms with Crippen molar-refractivity contribution in [1.29, 1.82) is 0 Å². The van der Waals surface area contributed by atoms with Gasteiger partial charge >= 0.3 is 0 Å². The number of likely N-dealkylation sites (N-methyl/N-ethyl adjacent to an activating group) is 1. The number of carbonyl (C=O) groups is 1. The number of halogens is 4. The first-order valence-electron chi connectivity index (χ1n) is 9.34. The Bertz CT molecular complexity index is 997. The van der Waals surface area contributed by atoms with Crippen molar-refractivity contribution in [2.24, 2.45) is 0 Å². The molecule has 0 bridgehead atoms. The summed E-state index contributed by atoms with van der Waals surface area (Å²) < 4.78 is 14.2. The first kappa shape index (κ1) is 27.2. The molecule has 0 fully saturated rings. The maximum absolute atomic E-state index is 13.1. The summed E-state index contributed by atoms with van der Waals surface area (Å²) in [5.41, 5.74) is 1.77. The van der Waals surface area contributed by atoms with Gasteiger partial charge in [-0.2, -0.15) is 4.39 Å². The summed E-state index contributed by atoms with van der Waals surface area (Å²) in [5, 5.41) is 5.99.